The van der Waals surface area contributed by atoms with E-state index in [1.807, 2.05) is 6.07 Å². The molecule has 0 amide bonds. The van der Waals surface area contributed by atoms with Crippen molar-refractivity contribution in [3.8, 4) is 0 Å². The zero-order chi connectivity index (χ0) is 26.2. The molecule has 0 saturated carbocycles. The molecule has 0 atom stereocenters. The molecule has 2 heteroatoms. The van der Waals surface area contributed by atoms with Gasteiger partial charge in [0.25, 0.3) is 0 Å². The van der Waals surface area contributed by atoms with E-state index in [1.165, 1.54) is 22.3 Å². The van der Waals surface area contributed by atoms with Gasteiger partial charge in [0.2, 0.25) is 0 Å². The maximum Gasteiger partial charge on any atom is 0.0464 e. The van der Waals surface area contributed by atoms with Gasteiger partial charge in [-0.05, 0) is 98.0 Å². The number of anilines is 4. The lowest BCUT2D eigenvalue weighted by Crippen LogP contribution is -2.14. The van der Waals surface area contributed by atoms with Gasteiger partial charge in [-0.2, -0.15) is 0 Å². The van der Waals surface area contributed by atoms with Crippen molar-refractivity contribution in [2.24, 2.45) is 0 Å². The highest BCUT2D eigenvalue weighted by atomic mass is 15.1. The van der Waals surface area contributed by atoms with Crippen molar-refractivity contribution >= 4 is 34.4 Å². The van der Waals surface area contributed by atoms with Gasteiger partial charge >= 0.3 is 0 Å². The summed E-state index contributed by atoms with van der Waals surface area (Å²) in [5.41, 5.74) is 10.5. The highest BCUT2D eigenvalue weighted by Crippen LogP contribution is 2.34. The third-order valence-electron chi connectivity index (χ3n) is 6.68. The summed E-state index contributed by atoms with van der Waals surface area (Å²) in [6, 6.07) is 36.4. The largest absolute Gasteiger partial charge is 0.356 e. The molecule has 4 aromatic rings. The normalized spacial score (nSPS) is 13.4. The smallest absolute Gasteiger partial charge is 0.0464 e. The molecule has 5 rings (SSSR count). The quantitative estimate of drug-likeness (QED) is 0.245. The van der Waals surface area contributed by atoms with Crippen LogP contribution in [0.15, 0.2) is 139 Å². The standard InChI is InChI=1S/C36H34N2/c1-28-19-21-33(22-20-28)37-34-23-25-35(26-24-34)38(29(2)11-9-14-30-12-5-3-6-13-30)36-18-10-17-32(27-36)31-15-7-4-8-16-31/h3,5-7,9-27,37H,4,8H2,1-2H3/b14-9-,29-11+. The summed E-state index contributed by atoms with van der Waals surface area (Å²) in [4.78, 5) is 2.32. The van der Waals surface area contributed by atoms with Crippen molar-refractivity contribution in [1.29, 1.82) is 0 Å². The van der Waals surface area contributed by atoms with Crippen LogP contribution in [-0.4, -0.2) is 0 Å². The molecular formula is C36H34N2. The molecule has 0 spiro atoms. The highest BCUT2D eigenvalue weighted by molar-refractivity contribution is 5.79. The topological polar surface area (TPSA) is 15.3 Å². The highest BCUT2D eigenvalue weighted by Gasteiger charge is 2.13. The molecule has 4 aromatic carbocycles. The van der Waals surface area contributed by atoms with E-state index >= 15 is 0 Å². The average Bonchev–Trinajstić information content (AvgIpc) is 2.97. The molecule has 0 bridgehead atoms. The Balaban J connectivity index is 1.46. The summed E-state index contributed by atoms with van der Waals surface area (Å²) >= 11 is 0. The summed E-state index contributed by atoms with van der Waals surface area (Å²) in [5.74, 6) is 0. The van der Waals surface area contributed by atoms with Crippen LogP contribution in [0, 0.1) is 6.92 Å². The van der Waals surface area contributed by atoms with Crippen LogP contribution in [0.4, 0.5) is 22.7 Å². The van der Waals surface area contributed by atoms with Crippen LogP contribution in [0.1, 0.15) is 36.5 Å². The van der Waals surface area contributed by atoms with E-state index in [-0.39, 0.29) is 0 Å². The summed E-state index contributed by atoms with van der Waals surface area (Å²) in [7, 11) is 0. The van der Waals surface area contributed by atoms with Crippen LogP contribution in [0.2, 0.25) is 0 Å². The first-order valence-corrected chi connectivity index (χ1v) is 13.3. The monoisotopic (exact) mass is 494 g/mol. The van der Waals surface area contributed by atoms with E-state index in [0.717, 1.165) is 41.3 Å². The molecule has 1 N–H and O–H groups in total. The van der Waals surface area contributed by atoms with Gasteiger partial charge < -0.3 is 10.2 Å². The number of nitrogens with zero attached hydrogens (tertiary/aromatic N) is 1. The minimum Gasteiger partial charge on any atom is -0.356 e. The van der Waals surface area contributed by atoms with E-state index in [2.05, 4.69) is 158 Å². The minimum absolute atomic E-state index is 1.06. The number of allylic oxidation sites excluding steroid dienone is 7. The predicted octanol–water partition coefficient (Wildman–Crippen LogP) is 10.2. The Morgan fingerprint density at radius 2 is 1.50 bits per heavy atom. The van der Waals surface area contributed by atoms with Crippen molar-refractivity contribution in [3.63, 3.8) is 0 Å². The molecule has 1 aliphatic carbocycles. The zero-order valence-electron chi connectivity index (χ0n) is 22.1. The molecule has 0 unspecified atom stereocenters. The minimum atomic E-state index is 1.06. The zero-order valence-corrected chi connectivity index (χ0v) is 22.1. The van der Waals surface area contributed by atoms with Crippen molar-refractivity contribution in [3.05, 3.63) is 156 Å². The van der Waals surface area contributed by atoms with Crippen LogP contribution in [0.5, 0.6) is 0 Å². The Morgan fingerprint density at radius 3 is 2.21 bits per heavy atom. The molecule has 0 heterocycles. The Morgan fingerprint density at radius 1 is 0.763 bits per heavy atom. The van der Waals surface area contributed by atoms with Crippen molar-refractivity contribution in [1.82, 2.24) is 0 Å². The van der Waals surface area contributed by atoms with Gasteiger partial charge in [0.1, 0.15) is 0 Å². The van der Waals surface area contributed by atoms with Crippen molar-refractivity contribution in [2.45, 2.75) is 26.7 Å². The Labute approximate surface area is 227 Å². The van der Waals surface area contributed by atoms with Crippen LogP contribution in [0.3, 0.4) is 0 Å². The number of rotatable bonds is 8. The van der Waals surface area contributed by atoms with Gasteiger partial charge in [-0.25, -0.2) is 0 Å². The number of hydrogen-bond acceptors (Lipinski definition) is 2. The van der Waals surface area contributed by atoms with E-state index in [4.69, 9.17) is 0 Å². The molecule has 188 valence electrons. The lowest BCUT2D eigenvalue weighted by atomic mass is 9.99. The first kappa shape index (κ1) is 25.1. The fraction of sp³-hybridized carbons (Fsp3) is 0.111. The second-order valence-corrected chi connectivity index (χ2v) is 9.64. The van der Waals surface area contributed by atoms with Crippen LogP contribution < -0.4 is 10.2 Å². The Bertz CT molecular complexity index is 1470. The first-order valence-electron chi connectivity index (χ1n) is 13.3. The molecule has 0 aliphatic heterocycles. The van der Waals surface area contributed by atoms with Gasteiger partial charge in [0.05, 0.1) is 0 Å². The van der Waals surface area contributed by atoms with Crippen molar-refractivity contribution < 1.29 is 0 Å². The molecule has 1 aliphatic rings. The maximum atomic E-state index is 3.51. The van der Waals surface area contributed by atoms with Gasteiger partial charge in [-0.3, -0.25) is 0 Å². The third-order valence-corrected chi connectivity index (χ3v) is 6.68. The SMILES string of the molecule is C/C(=C\C=C/c1ccccc1)N(c1ccc(Nc2ccc(C)cc2)cc1)c1cccc(C2=CCCC=C2)c1. The summed E-state index contributed by atoms with van der Waals surface area (Å²) in [5, 5.41) is 3.51. The lowest BCUT2D eigenvalue weighted by molar-refractivity contribution is 1.04. The summed E-state index contributed by atoms with van der Waals surface area (Å²) in [6.07, 6.45) is 15.5. The molecule has 0 saturated heterocycles. The molecule has 0 fully saturated rings. The predicted molar refractivity (Wildman–Crippen MR) is 165 cm³/mol. The molecule has 38 heavy (non-hydrogen) atoms. The molecule has 2 nitrogen and oxygen atoms in total. The van der Waals surface area contributed by atoms with Crippen LogP contribution >= 0.6 is 0 Å². The fourth-order valence-electron chi connectivity index (χ4n) is 4.64. The van der Waals surface area contributed by atoms with Gasteiger partial charge in [0, 0.05) is 28.4 Å². The van der Waals surface area contributed by atoms with Crippen LogP contribution in [0.25, 0.3) is 11.6 Å². The maximum absolute atomic E-state index is 3.51. The second kappa shape index (κ2) is 12.1. The van der Waals surface area contributed by atoms with Gasteiger partial charge in [-0.1, -0.05) is 90.5 Å². The van der Waals surface area contributed by atoms with Crippen molar-refractivity contribution in [2.75, 3.05) is 10.2 Å². The van der Waals surface area contributed by atoms with E-state index in [1.54, 1.807) is 0 Å². The van der Waals surface area contributed by atoms with E-state index < -0.39 is 0 Å². The molecule has 0 aromatic heterocycles. The summed E-state index contributed by atoms with van der Waals surface area (Å²) in [6.45, 7) is 4.27. The molecule has 0 radical (unpaired) electrons. The second-order valence-electron chi connectivity index (χ2n) is 9.64. The lowest BCUT2D eigenvalue weighted by Gasteiger charge is -2.27. The third kappa shape index (κ3) is 6.41. The summed E-state index contributed by atoms with van der Waals surface area (Å²) < 4.78 is 0. The number of nitrogens with one attached hydrogen (secondary N) is 1. The van der Waals surface area contributed by atoms with Crippen LogP contribution in [-0.2, 0) is 0 Å². The Hall–Kier alpha value is -4.56. The van der Waals surface area contributed by atoms with E-state index in [0.29, 0.717) is 0 Å². The first-order chi connectivity index (χ1) is 18.7. The van der Waals surface area contributed by atoms with E-state index in [9.17, 15) is 0 Å². The van der Waals surface area contributed by atoms with Gasteiger partial charge in [0.15, 0.2) is 0 Å². The average molecular weight is 495 g/mol. The number of aryl methyl sites for hydroxylation is 1. The molecular weight excluding hydrogens is 460 g/mol. The van der Waals surface area contributed by atoms with Gasteiger partial charge in [-0.15, -0.1) is 0 Å². The number of hydrogen-bond donors (Lipinski definition) is 1. The number of benzene rings is 4. The Kier molecular flexibility index (Phi) is 8.01. The fourth-order valence-corrected chi connectivity index (χ4v) is 4.64.